The van der Waals surface area contributed by atoms with E-state index in [0.717, 1.165) is 22.3 Å². The lowest BCUT2D eigenvalue weighted by molar-refractivity contribution is -0.145. The minimum atomic E-state index is -0.942. The normalized spacial score (nSPS) is 11.5. The number of rotatable bonds is 12. The van der Waals surface area contributed by atoms with Crippen molar-refractivity contribution in [1.82, 2.24) is 5.32 Å². The predicted octanol–water partition coefficient (Wildman–Crippen LogP) is 6.12. The van der Waals surface area contributed by atoms with Gasteiger partial charge in [-0.15, -0.1) is 0 Å². The molecule has 1 amide bonds. The molecule has 9 heteroatoms. The summed E-state index contributed by atoms with van der Waals surface area (Å²) in [5, 5.41) is 3.10. The van der Waals surface area contributed by atoms with E-state index in [-0.39, 0.29) is 28.6 Å². The number of esters is 1. The molecule has 0 bridgehead atoms. The van der Waals surface area contributed by atoms with Gasteiger partial charge in [-0.25, -0.2) is 4.79 Å². The molecule has 0 aliphatic rings. The van der Waals surface area contributed by atoms with Gasteiger partial charge in [0.25, 0.3) is 5.91 Å². The van der Waals surface area contributed by atoms with E-state index in [4.69, 9.17) is 42.1 Å². The molecule has 0 spiro atoms. The summed E-state index contributed by atoms with van der Waals surface area (Å²) in [7, 11) is 3.21. The topological polar surface area (TPSA) is 83.1 Å². The van der Waals surface area contributed by atoms with Crippen LogP contribution in [0.15, 0.2) is 54.6 Å². The average Bonchev–Trinajstić information content (AvgIpc) is 2.91. The van der Waals surface area contributed by atoms with E-state index in [1.54, 1.807) is 39.3 Å². The Kier molecular flexibility index (Phi) is 10.8. The van der Waals surface area contributed by atoms with Crippen LogP contribution in [-0.2, 0) is 27.3 Å². The van der Waals surface area contributed by atoms with Gasteiger partial charge in [-0.2, -0.15) is 0 Å². The maximum atomic E-state index is 12.9. The van der Waals surface area contributed by atoms with Crippen LogP contribution in [0, 0.1) is 0 Å². The molecule has 3 rings (SSSR count). The zero-order valence-electron chi connectivity index (χ0n) is 21.8. The maximum absolute atomic E-state index is 12.9. The fraction of sp³-hybridized carbons (Fsp3) is 0.310. The van der Waals surface area contributed by atoms with E-state index in [0.29, 0.717) is 24.7 Å². The molecule has 0 aliphatic heterocycles. The van der Waals surface area contributed by atoms with Crippen LogP contribution in [0.2, 0.25) is 10.0 Å². The number of hydrogen-bond acceptors (Lipinski definition) is 6. The lowest BCUT2D eigenvalue weighted by Gasteiger charge is -2.19. The van der Waals surface area contributed by atoms with Crippen LogP contribution in [0.5, 0.6) is 11.5 Å². The Balaban J connectivity index is 1.87. The Bertz CT molecular complexity index is 1220. The van der Waals surface area contributed by atoms with Crippen LogP contribution in [-0.4, -0.2) is 45.4 Å². The Morgan fingerprint density at radius 3 is 2.00 bits per heavy atom. The van der Waals surface area contributed by atoms with Crippen LogP contribution in [0.25, 0.3) is 11.1 Å². The van der Waals surface area contributed by atoms with Crippen molar-refractivity contribution in [1.29, 1.82) is 0 Å². The van der Waals surface area contributed by atoms with E-state index in [2.05, 4.69) is 5.32 Å². The quantitative estimate of drug-likeness (QED) is 0.269. The van der Waals surface area contributed by atoms with Crippen molar-refractivity contribution in [2.24, 2.45) is 0 Å². The lowest BCUT2D eigenvalue weighted by atomic mass is 9.98. The van der Waals surface area contributed by atoms with Crippen molar-refractivity contribution in [2.75, 3.05) is 27.4 Å². The van der Waals surface area contributed by atoms with Crippen LogP contribution in [0.1, 0.15) is 35.3 Å². The Morgan fingerprint density at radius 1 is 0.868 bits per heavy atom. The van der Waals surface area contributed by atoms with Crippen molar-refractivity contribution >= 4 is 35.1 Å². The molecule has 0 radical (unpaired) electrons. The summed E-state index contributed by atoms with van der Waals surface area (Å²) >= 11 is 12.4. The van der Waals surface area contributed by atoms with Gasteiger partial charge in [0.1, 0.15) is 17.5 Å². The number of carbonyl (C=O) groups is 2. The molecule has 0 fully saturated rings. The first-order valence-electron chi connectivity index (χ1n) is 12.2. The van der Waals surface area contributed by atoms with E-state index in [1.165, 1.54) is 0 Å². The van der Waals surface area contributed by atoms with Crippen molar-refractivity contribution < 1.29 is 28.5 Å². The summed E-state index contributed by atoms with van der Waals surface area (Å²) < 4.78 is 22.0. The Morgan fingerprint density at radius 2 is 1.47 bits per heavy atom. The highest BCUT2D eigenvalue weighted by atomic mass is 35.5. The summed E-state index contributed by atoms with van der Waals surface area (Å²) in [5.41, 5.74) is 3.51. The lowest BCUT2D eigenvalue weighted by Crippen LogP contribution is -2.43. The highest BCUT2D eigenvalue weighted by Gasteiger charge is 2.25. The van der Waals surface area contributed by atoms with Crippen LogP contribution in [0.4, 0.5) is 0 Å². The second-order valence-electron chi connectivity index (χ2n) is 8.29. The van der Waals surface area contributed by atoms with Gasteiger partial charge in [0.2, 0.25) is 0 Å². The number of carbonyl (C=O) groups excluding carboxylic acids is 2. The van der Waals surface area contributed by atoms with E-state index < -0.39 is 17.9 Å². The molecule has 0 aromatic heterocycles. The zero-order chi connectivity index (χ0) is 27.7. The molecule has 202 valence electrons. The van der Waals surface area contributed by atoms with Gasteiger partial charge in [0, 0.05) is 13.0 Å². The number of ether oxygens (including phenoxy) is 4. The standard InChI is InChI=1S/C29H31Cl2NO6/c1-5-37-17-19-15-24(35-3)26(25(16-19)36-4)20-12-10-18(11-13-20)14-23(29(34)38-6-2)32-28(33)27-21(30)8-7-9-22(27)31/h7-13,15-16,23H,5-6,14,17H2,1-4H3,(H,32,33)/t23-/m0/s1. The molecular weight excluding hydrogens is 529 g/mol. The molecule has 3 aromatic rings. The maximum Gasteiger partial charge on any atom is 0.328 e. The summed E-state index contributed by atoms with van der Waals surface area (Å²) in [6, 6.07) is 15.2. The molecule has 0 saturated heterocycles. The number of halogens is 2. The van der Waals surface area contributed by atoms with Gasteiger partial charge in [-0.05, 0) is 54.8 Å². The van der Waals surface area contributed by atoms with Gasteiger partial charge in [-0.1, -0.05) is 53.5 Å². The highest BCUT2D eigenvalue weighted by Crippen LogP contribution is 2.40. The van der Waals surface area contributed by atoms with Crippen molar-refractivity contribution in [3.8, 4) is 22.6 Å². The molecule has 1 atom stereocenters. The van der Waals surface area contributed by atoms with Gasteiger partial charge < -0.3 is 24.3 Å². The number of benzene rings is 3. The molecular formula is C29H31Cl2NO6. The SMILES string of the molecule is CCOCc1cc(OC)c(-c2ccc(C[C@H](NC(=O)c3c(Cl)cccc3Cl)C(=O)OCC)cc2)c(OC)c1. The number of hydrogen-bond donors (Lipinski definition) is 1. The smallest absolute Gasteiger partial charge is 0.328 e. The number of methoxy groups -OCH3 is 2. The molecule has 38 heavy (non-hydrogen) atoms. The van der Waals surface area contributed by atoms with Crippen molar-refractivity contribution in [3.05, 3.63) is 81.3 Å². The summed E-state index contributed by atoms with van der Waals surface area (Å²) in [6.45, 7) is 4.87. The first-order valence-corrected chi connectivity index (χ1v) is 12.9. The molecule has 0 heterocycles. The van der Waals surface area contributed by atoms with Crippen molar-refractivity contribution in [2.45, 2.75) is 32.9 Å². The molecule has 0 unspecified atom stereocenters. The van der Waals surface area contributed by atoms with E-state index in [9.17, 15) is 9.59 Å². The first kappa shape index (κ1) is 29.3. The molecule has 3 aromatic carbocycles. The highest BCUT2D eigenvalue weighted by molar-refractivity contribution is 6.39. The zero-order valence-corrected chi connectivity index (χ0v) is 23.3. The third-order valence-corrected chi connectivity index (χ3v) is 6.42. The average molecular weight is 560 g/mol. The minimum absolute atomic E-state index is 0.104. The number of amides is 1. The van der Waals surface area contributed by atoms with E-state index >= 15 is 0 Å². The summed E-state index contributed by atoms with van der Waals surface area (Å²) in [6.07, 6.45) is 0.203. The third-order valence-electron chi connectivity index (χ3n) is 5.79. The molecule has 0 saturated carbocycles. The Labute approximate surface area is 232 Å². The van der Waals surface area contributed by atoms with Crippen LogP contribution < -0.4 is 14.8 Å². The molecule has 1 N–H and O–H groups in total. The monoisotopic (exact) mass is 559 g/mol. The minimum Gasteiger partial charge on any atom is -0.496 e. The Hall–Kier alpha value is -3.26. The second kappa shape index (κ2) is 14.0. The van der Waals surface area contributed by atoms with Gasteiger partial charge in [0.05, 0.1) is 48.6 Å². The fourth-order valence-corrected chi connectivity index (χ4v) is 4.55. The first-order chi connectivity index (χ1) is 18.3. The van der Waals surface area contributed by atoms with Gasteiger partial charge in [0.15, 0.2) is 0 Å². The predicted molar refractivity (Wildman–Crippen MR) is 148 cm³/mol. The van der Waals surface area contributed by atoms with Gasteiger partial charge >= 0.3 is 5.97 Å². The van der Waals surface area contributed by atoms with Crippen LogP contribution in [0.3, 0.4) is 0 Å². The molecule has 0 aliphatic carbocycles. The van der Waals surface area contributed by atoms with Gasteiger partial charge in [-0.3, -0.25) is 4.79 Å². The van der Waals surface area contributed by atoms with E-state index in [1.807, 2.05) is 43.3 Å². The second-order valence-corrected chi connectivity index (χ2v) is 9.10. The largest absolute Gasteiger partial charge is 0.496 e. The molecule has 7 nitrogen and oxygen atoms in total. The fourth-order valence-electron chi connectivity index (χ4n) is 3.98. The van der Waals surface area contributed by atoms with Crippen LogP contribution >= 0.6 is 23.2 Å². The van der Waals surface area contributed by atoms with Crippen molar-refractivity contribution in [3.63, 3.8) is 0 Å². The number of nitrogens with one attached hydrogen (secondary N) is 1. The summed E-state index contributed by atoms with van der Waals surface area (Å²) in [4.78, 5) is 25.6. The third kappa shape index (κ3) is 7.19. The summed E-state index contributed by atoms with van der Waals surface area (Å²) in [5.74, 6) is 0.193.